The van der Waals surface area contributed by atoms with Crippen molar-refractivity contribution in [2.45, 2.75) is 25.8 Å². The number of nitrogens with zero attached hydrogens (tertiary/aromatic N) is 2. The van der Waals surface area contributed by atoms with Crippen molar-refractivity contribution in [3.63, 3.8) is 0 Å². The van der Waals surface area contributed by atoms with Gasteiger partial charge in [-0.05, 0) is 50.0 Å². The Morgan fingerprint density at radius 1 is 1.15 bits per heavy atom. The molecule has 3 rings (SSSR count). The van der Waals surface area contributed by atoms with Crippen molar-refractivity contribution in [2.75, 3.05) is 53.0 Å². The molecule has 0 bridgehead atoms. The quantitative estimate of drug-likeness (QED) is 0.868. The first kappa shape index (κ1) is 19.3. The van der Waals surface area contributed by atoms with Gasteiger partial charge in [0.15, 0.2) is 0 Å². The molecule has 0 spiro atoms. The number of hydrogen-bond donors (Lipinski definition) is 1. The molecule has 5 nitrogen and oxygen atoms in total. The third-order valence-electron chi connectivity index (χ3n) is 5.63. The fraction of sp³-hybridized carbons (Fsp3) is 0.650. The summed E-state index contributed by atoms with van der Waals surface area (Å²) < 4.78 is 18.5. The lowest BCUT2D eigenvalue weighted by atomic mass is 9.78. The first-order chi connectivity index (χ1) is 12.6. The summed E-state index contributed by atoms with van der Waals surface area (Å²) in [5.74, 6) is 0.0521. The van der Waals surface area contributed by atoms with Crippen molar-refractivity contribution in [1.29, 1.82) is 0 Å². The van der Waals surface area contributed by atoms with Gasteiger partial charge in [-0.3, -0.25) is 9.69 Å². The second kappa shape index (κ2) is 8.93. The molecule has 1 aromatic carbocycles. The molecule has 0 saturated carbocycles. The molecule has 1 aromatic rings. The van der Waals surface area contributed by atoms with Gasteiger partial charge in [0.05, 0.1) is 12.0 Å². The summed E-state index contributed by atoms with van der Waals surface area (Å²) >= 11 is 0. The Balaban J connectivity index is 1.60. The molecule has 2 fully saturated rings. The van der Waals surface area contributed by atoms with Gasteiger partial charge in [0.1, 0.15) is 5.82 Å². The molecule has 1 amide bonds. The number of carbonyl (C=O) groups excluding carboxylic acids is 1. The van der Waals surface area contributed by atoms with Gasteiger partial charge in [-0.1, -0.05) is 12.1 Å². The lowest BCUT2D eigenvalue weighted by molar-refractivity contribution is -0.147. The second-order valence-electron chi connectivity index (χ2n) is 7.51. The Morgan fingerprint density at radius 3 is 2.58 bits per heavy atom. The van der Waals surface area contributed by atoms with Crippen LogP contribution in [0.25, 0.3) is 0 Å². The predicted octanol–water partition coefficient (Wildman–Crippen LogP) is 1.88. The molecule has 2 aliphatic rings. The number of amides is 1. The van der Waals surface area contributed by atoms with Gasteiger partial charge in [0.2, 0.25) is 5.91 Å². The van der Waals surface area contributed by atoms with Crippen LogP contribution in [0.4, 0.5) is 4.39 Å². The van der Waals surface area contributed by atoms with Gasteiger partial charge >= 0.3 is 0 Å². The number of rotatable bonds is 5. The average molecular weight is 363 g/mol. The molecule has 0 radical (unpaired) electrons. The first-order valence-corrected chi connectivity index (χ1v) is 9.59. The predicted molar refractivity (Wildman–Crippen MR) is 99.3 cm³/mol. The molecule has 0 aliphatic carbocycles. The maximum Gasteiger partial charge on any atom is 0.231 e. The Bertz CT molecular complexity index is 582. The van der Waals surface area contributed by atoms with Gasteiger partial charge in [-0.15, -0.1) is 0 Å². The molecular formula is C20H30FN3O2. The molecule has 0 unspecified atom stereocenters. The monoisotopic (exact) mass is 363 g/mol. The molecular weight excluding hydrogens is 333 g/mol. The van der Waals surface area contributed by atoms with E-state index in [1.165, 1.54) is 12.1 Å². The molecule has 0 aromatic heterocycles. The lowest BCUT2D eigenvalue weighted by Gasteiger charge is -2.39. The smallest absolute Gasteiger partial charge is 0.231 e. The Hall–Kier alpha value is -1.50. The van der Waals surface area contributed by atoms with Crippen molar-refractivity contribution in [1.82, 2.24) is 15.1 Å². The van der Waals surface area contributed by atoms with E-state index in [4.69, 9.17) is 4.74 Å². The minimum absolute atomic E-state index is 0.202. The summed E-state index contributed by atoms with van der Waals surface area (Å²) in [6, 6.07) is 6.70. The lowest BCUT2D eigenvalue weighted by Crippen LogP contribution is -2.52. The van der Waals surface area contributed by atoms with Crippen LogP contribution >= 0.6 is 0 Å². The van der Waals surface area contributed by atoms with E-state index in [1.807, 2.05) is 17.0 Å². The standard InChI is InChI=1S/C20H30FN3O2/c1-26-16-20(7-9-22-10-8-20)19(25)24-12-2-11-23(13-14-24)15-17-3-5-18(21)6-4-17/h3-6,22H,2,7-16H2,1H3. The highest BCUT2D eigenvalue weighted by molar-refractivity contribution is 5.83. The SMILES string of the molecule is COCC1(C(=O)N2CCCN(Cc3ccc(F)cc3)CC2)CCNCC1. The van der Waals surface area contributed by atoms with E-state index in [0.29, 0.717) is 6.61 Å². The fourth-order valence-corrected chi connectivity index (χ4v) is 4.12. The average Bonchev–Trinajstić information content (AvgIpc) is 2.89. The van der Waals surface area contributed by atoms with E-state index < -0.39 is 0 Å². The van der Waals surface area contributed by atoms with E-state index in [2.05, 4.69) is 10.2 Å². The molecule has 2 saturated heterocycles. The van der Waals surface area contributed by atoms with Crippen LogP contribution in [0.1, 0.15) is 24.8 Å². The fourth-order valence-electron chi connectivity index (χ4n) is 4.12. The normalized spacial score (nSPS) is 21.4. The summed E-state index contributed by atoms with van der Waals surface area (Å²) in [6.45, 7) is 6.42. The number of nitrogens with one attached hydrogen (secondary N) is 1. The van der Waals surface area contributed by atoms with E-state index in [0.717, 1.165) is 70.6 Å². The summed E-state index contributed by atoms with van der Waals surface area (Å²) in [6.07, 6.45) is 2.65. The second-order valence-corrected chi connectivity index (χ2v) is 7.51. The summed E-state index contributed by atoms with van der Waals surface area (Å²) in [5, 5.41) is 3.35. The number of carbonyl (C=O) groups is 1. The first-order valence-electron chi connectivity index (χ1n) is 9.59. The van der Waals surface area contributed by atoms with Crippen LogP contribution in [0.3, 0.4) is 0 Å². The maximum absolute atomic E-state index is 13.3. The van der Waals surface area contributed by atoms with Crippen LogP contribution in [0.15, 0.2) is 24.3 Å². The van der Waals surface area contributed by atoms with Gasteiger partial charge in [-0.25, -0.2) is 4.39 Å². The summed E-state index contributed by atoms with van der Waals surface area (Å²) in [7, 11) is 1.68. The van der Waals surface area contributed by atoms with Gasteiger partial charge < -0.3 is 15.0 Å². The molecule has 144 valence electrons. The van der Waals surface area contributed by atoms with Crippen LogP contribution in [-0.4, -0.2) is 68.7 Å². The van der Waals surface area contributed by atoms with Gasteiger partial charge in [0.25, 0.3) is 0 Å². The Labute approximate surface area is 155 Å². The van der Waals surface area contributed by atoms with Crippen molar-refractivity contribution in [3.05, 3.63) is 35.6 Å². The number of ether oxygens (including phenoxy) is 1. The molecule has 1 N–H and O–H groups in total. The van der Waals surface area contributed by atoms with E-state index in [1.54, 1.807) is 7.11 Å². The topological polar surface area (TPSA) is 44.8 Å². The number of benzene rings is 1. The molecule has 2 heterocycles. The number of halogens is 1. The molecule has 0 atom stereocenters. The van der Waals surface area contributed by atoms with Crippen LogP contribution < -0.4 is 5.32 Å². The molecule has 26 heavy (non-hydrogen) atoms. The molecule has 2 aliphatic heterocycles. The number of piperidine rings is 1. The van der Waals surface area contributed by atoms with Gasteiger partial charge in [0, 0.05) is 39.8 Å². The zero-order valence-electron chi connectivity index (χ0n) is 15.7. The van der Waals surface area contributed by atoms with Gasteiger partial charge in [-0.2, -0.15) is 0 Å². The van der Waals surface area contributed by atoms with E-state index in [-0.39, 0.29) is 17.1 Å². The summed E-state index contributed by atoms with van der Waals surface area (Å²) in [4.78, 5) is 17.7. The Kier molecular flexibility index (Phi) is 6.62. The van der Waals surface area contributed by atoms with E-state index in [9.17, 15) is 9.18 Å². The van der Waals surface area contributed by atoms with Crippen LogP contribution in [0, 0.1) is 11.2 Å². The highest BCUT2D eigenvalue weighted by Crippen LogP contribution is 2.32. The van der Waals surface area contributed by atoms with E-state index >= 15 is 0 Å². The minimum Gasteiger partial charge on any atom is -0.384 e. The maximum atomic E-state index is 13.3. The number of methoxy groups -OCH3 is 1. The largest absolute Gasteiger partial charge is 0.384 e. The highest BCUT2D eigenvalue weighted by Gasteiger charge is 2.42. The number of hydrogen-bond acceptors (Lipinski definition) is 4. The van der Waals surface area contributed by atoms with Crippen LogP contribution in [-0.2, 0) is 16.1 Å². The molecule has 6 heteroatoms. The third kappa shape index (κ3) is 4.61. The Morgan fingerprint density at radius 2 is 1.88 bits per heavy atom. The third-order valence-corrected chi connectivity index (χ3v) is 5.63. The highest BCUT2D eigenvalue weighted by atomic mass is 19.1. The van der Waals surface area contributed by atoms with Crippen molar-refractivity contribution in [2.24, 2.45) is 5.41 Å². The van der Waals surface area contributed by atoms with Crippen LogP contribution in [0.2, 0.25) is 0 Å². The summed E-state index contributed by atoms with van der Waals surface area (Å²) in [5.41, 5.74) is 0.743. The zero-order valence-corrected chi connectivity index (χ0v) is 15.7. The minimum atomic E-state index is -0.369. The zero-order chi connectivity index (χ0) is 18.4. The van der Waals surface area contributed by atoms with Crippen LogP contribution in [0.5, 0.6) is 0 Å². The van der Waals surface area contributed by atoms with Crippen molar-refractivity contribution < 1.29 is 13.9 Å². The van der Waals surface area contributed by atoms with Crippen molar-refractivity contribution >= 4 is 5.91 Å². The van der Waals surface area contributed by atoms with Crippen molar-refractivity contribution in [3.8, 4) is 0 Å².